The van der Waals surface area contributed by atoms with Gasteiger partial charge < -0.3 is 9.64 Å². The minimum absolute atomic E-state index is 0.106. The molecule has 32 heavy (non-hydrogen) atoms. The van der Waals surface area contributed by atoms with Crippen LogP contribution in [0.3, 0.4) is 0 Å². The number of hydrazone groups is 1. The third-order valence-electron chi connectivity index (χ3n) is 6.58. The lowest BCUT2D eigenvalue weighted by atomic mass is 9.99. The van der Waals surface area contributed by atoms with E-state index in [9.17, 15) is 13.2 Å². The SMILES string of the molecule is CC(C)(C)OC(=O)N1CC(S(=O)(=O)C2=NNC(=Nc3c4c(cc5c3CCC5)CCC4)C2)C1. The molecule has 0 atom stereocenters. The van der Waals surface area contributed by atoms with Gasteiger partial charge in [-0.25, -0.2) is 18.2 Å². The molecular formula is C23H30N4O4S. The second-order valence-corrected chi connectivity index (χ2v) is 12.3. The fourth-order valence-corrected chi connectivity index (χ4v) is 6.58. The Morgan fingerprint density at radius 2 is 1.75 bits per heavy atom. The van der Waals surface area contributed by atoms with E-state index in [1.807, 2.05) is 0 Å². The Hall–Kier alpha value is -2.42. The van der Waals surface area contributed by atoms with E-state index in [0.29, 0.717) is 5.84 Å². The fourth-order valence-electron chi connectivity index (χ4n) is 4.94. The van der Waals surface area contributed by atoms with E-state index in [4.69, 9.17) is 9.73 Å². The van der Waals surface area contributed by atoms with Crippen LogP contribution >= 0.6 is 0 Å². The summed E-state index contributed by atoms with van der Waals surface area (Å²) in [4.78, 5) is 18.4. The van der Waals surface area contributed by atoms with E-state index >= 15 is 0 Å². The number of rotatable bonds is 2. The summed E-state index contributed by atoms with van der Waals surface area (Å²) in [6.45, 7) is 5.62. The molecule has 1 fully saturated rings. The number of hydrogen-bond donors (Lipinski definition) is 1. The molecule has 0 aromatic heterocycles. The number of amidine groups is 1. The van der Waals surface area contributed by atoms with Gasteiger partial charge in [-0.2, -0.15) is 5.10 Å². The molecule has 1 N–H and O–H groups in total. The van der Waals surface area contributed by atoms with Crippen molar-refractivity contribution in [2.75, 3.05) is 13.1 Å². The van der Waals surface area contributed by atoms with Crippen molar-refractivity contribution in [1.29, 1.82) is 0 Å². The molecule has 1 aromatic carbocycles. The van der Waals surface area contributed by atoms with Crippen molar-refractivity contribution in [1.82, 2.24) is 10.3 Å². The number of aryl methyl sites for hydroxylation is 2. The topological polar surface area (TPSA) is 100 Å². The van der Waals surface area contributed by atoms with Gasteiger partial charge in [0.15, 0.2) is 14.9 Å². The summed E-state index contributed by atoms with van der Waals surface area (Å²) in [5.74, 6) is 0.585. The monoisotopic (exact) mass is 458 g/mol. The van der Waals surface area contributed by atoms with Gasteiger partial charge in [0.05, 0.1) is 12.1 Å². The van der Waals surface area contributed by atoms with Crippen LogP contribution in [0.4, 0.5) is 10.5 Å². The summed E-state index contributed by atoms with van der Waals surface area (Å²) in [5, 5.41) is 3.57. The zero-order valence-corrected chi connectivity index (χ0v) is 19.7. The standard InChI is InChI=1S/C23H30N4O4S/c1-23(2,3)31-22(28)27-12-16(13-27)32(29,30)20-11-19(25-26-20)24-21-17-8-4-6-14(17)10-15-7-5-9-18(15)21/h10,16H,4-9,11-13H2,1-3H3,(H,24,25). The fraction of sp³-hybridized carbons (Fsp3) is 0.609. The number of fused-ring (bicyclic) bond motifs is 2. The number of sulfone groups is 1. The molecule has 9 heteroatoms. The first-order valence-electron chi connectivity index (χ1n) is 11.4. The van der Waals surface area contributed by atoms with E-state index in [-0.39, 0.29) is 24.6 Å². The molecule has 2 heterocycles. The highest BCUT2D eigenvalue weighted by atomic mass is 32.2. The average molecular weight is 459 g/mol. The second kappa shape index (κ2) is 7.57. The number of carbonyl (C=O) groups is 1. The quantitative estimate of drug-likeness (QED) is 0.734. The van der Waals surface area contributed by atoms with Gasteiger partial charge in [-0.05, 0) is 81.5 Å². The molecule has 4 aliphatic rings. The molecular weight excluding hydrogens is 428 g/mol. The van der Waals surface area contributed by atoms with Gasteiger partial charge in [-0.1, -0.05) is 6.07 Å². The summed E-state index contributed by atoms with van der Waals surface area (Å²) in [6.07, 6.45) is 6.24. The predicted molar refractivity (Wildman–Crippen MR) is 123 cm³/mol. The lowest BCUT2D eigenvalue weighted by Crippen LogP contribution is -2.58. The molecule has 1 saturated heterocycles. The summed E-state index contributed by atoms with van der Waals surface area (Å²) in [5.41, 5.74) is 8.74. The lowest BCUT2D eigenvalue weighted by molar-refractivity contribution is 0.0140. The van der Waals surface area contributed by atoms with Crippen LogP contribution in [-0.2, 0) is 40.3 Å². The Balaban J connectivity index is 1.29. The van der Waals surface area contributed by atoms with Gasteiger partial charge in [0.25, 0.3) is 0 Å². The van der Waals surface area contributed by atoms with Crippen molar-refractivity contribution in [3.05, 3.63) is 28.3 Å². The summed E-state index contributed by atoms with van der Waals surface area (Å²) < 4.78 is 31.4. The van der Waals surface area contributed by atoms with Gasteiger partial charge in [0.2, 0.25) is 0 Å². The van der Waals surface area contributed by atoms with E-state index in [1.165, 1.54) is 27.2 Å². The van der Waals surface area contributed by atoms with E-state index in [0.717, 1.165) is 44.2 Å². The number of carbonyl (C=O) groups excluding carboxylic acids is 1. The summed E-state index contributed by atoms with van der Waals surface area (Å²) in [7, 11) is -3.60. The molecule has 2 aliphatic heterocycles. The molecule has 0 radical (unpaired) electrons. The minimum Gasteiger partial charge on any atom is -0.444 e. The van der Waals surface area contributed by atoms with Gasteiger partial charge in [0, 0.05) is 13.1 Å². The number of ether oxygens (including phenoxy) is 1. The highest BCUT2D eigenvalue weighted by molar-refractivity contribution is 8.07. The van der Waals surface area contributed by atoms with Crippen molar-refractivity contribution in [3.63, 3.8) is 0 Å². The van der Waals surface area contributed by atoms with Crippen LogP contribution < -0.4 is 5.43 Å². The van der Waals surface area contributed by atoms with Gasteiger partial charge >= 0.3 is 6.09 Å². The Labute approximate surface area is 189 Å². The first-order valence-corrected chi connectivity index (χ1v) is 12.9. The summed E-state index contributed by atoms with van der Waals surface area (Å²) in [6, 6.07) is 2.36. The molecule has 8 nitrogen and oxygen atoms in total. The number of likely N-dealkylation sites (tertiary alicyclic amines) is 1. The second-order valence-electron chi connectivity index (χ2n) is 10.1. The molecule has 0 saturated carbocycles. The zero-order chi connectivity index (χ0) is 22.7. The van der Waals surface area contributed by atoms with Crippen molar-refractivity contribution in [2.24, 2.45) is 10.1 Å². The third kappa shape index (κ3) is 3.80. The van der Waals surface area contributed by atoms with Crippen molar-refractivity contribution in [2.45, 2.75) is 76.6 Å². The smallest absolute Gasteiger partial charge is 0.410 e. The van der Waals surface area contributed by atoms with Crippen molar-refractivity contribution in [3.8, 4) is 0 Å². The van der Waals surface area contributed by atoms with Crippen molar-refractivity contribution < 1.29 is 17.9 Å². The first kappa shape index (κ1) is 21.4. The highest BCUT2D eigenvalue weighted by Crippen LogP contribution is 2.40. The number of benzene rings is 1. The molecule has 172 valence electrons. The molecule has 5 rings (SSSR count). The molecule has 0 unspecified atom stereocenters. The Kier molecular flexibility index (Phi) is 5.07. The number of nitrogens with zero attached hydrogens (tertiary/aromatic N) is 3. The molecule has 1 aromatic rings. The first-order chi connectivity index (χ1) is 15.1. The van der Waals surface area contributed by atoms with Gasteiger partial charge in [-0.15, -0.1) is 0 Å². The molecule has 0 spiro atoms. The van der Waals surface area contributed by atoms with E-state index < -0.39 is 26.8 Å². The highest BCUT2D eigenvalue weighted by Gasteiger charge is 2.44. The third-order valence-corrected chi connectivity index (χ3v) is 8.65. The Bertz CT molecular complexity index is 1110. The largest absolute Gasteiger partial charge is 0.444 e. The predicted octanol–water partition coefficient (Wildman–Crippen LogP) is 3.03. The number of amides is 1. The Morgan fingerprint density at radius 3 is 2.34 bits per heavy atom. The van der Waals surface area contributed by atoms with Crippen LogP contribution in [-0.4, -0.2) is 54.2 Å². The van der Waals surface area contributed by atoms with E-state index in [2.05, 4.69) is 16.6 Å². The number of aliphatic imine (C=N–C) groups is 1. The zero-order valence-electron chi connectivity index (χ0n) is 18.9. The van der Waals surface area contributed by atoms with Gasteiger partial charge in [0.1, 0.15) is 16.7 Å². The lowest BCUT2D eigenvalue weighted by Gasteiger charge is -2.38. The maximum absolute atomic E-state index is 13.0. The van der Waals surface area contributed by atoms with Crippen LogP contribution in [0.15, 0.2) is 16.2 Å². The maximum atomic E-state index is 13.0. The minimum atomic E-state index is -3.60. The van der Waals surface area contributed by atoms with Crippen LogP contribution in [0.1, 0.15) is 62.3 Å². The van der Waals surface area contributed by atoms with Crippen LogP contribution in [0.25, 0.3) is 0 Å². The summed E-state index contributed by atoms with van der Waals surface area (Å²) >= 11 is 0. The van der Waals surface area contributed by atoms with Crippen LogP contribution in [0.5, 0.6) is 0 Å². The number of nitrogens with one attached hydrogen (secondary N) is 1. The van der Waals surface area contributed by atoms with Crippen LogP contribution in [0.2, 0.25) is 0 Å². The van der Waals surface area contributed by atoms with Crippen molar-refractivity contribution >= 4 is 32.5 Å². The Morgan fingerprint density at radius 1 is 1.12 bits per heavy atom. The normalized spacial score (nSPS) is 21.8. The molecule has 1 amide bonds. The van der Waals surface area contributed by atoms with Gasteiger partial charge in [-0.3, -0.25) is 5.43 Å². The van der Waals surface area contributed by atoms with Crippen LogP contribution in [0, 0.1) is 0 Å². The average Bonchev–Trinajstić information content (AvgIpc) is 3.38. The molecule has 2 aliphatic carbocycles. The van der Waals surface area contributed by atoms with E-state index in [1.54, 1.807) is 20.8 Å². The number of hydrogen-bond acceptors (Lipinski definition) is 6. The molecule has 0 bridgehead atoms. The maximum Gasteiger partial charge on any atom is 0.410 e.